The number of amides is 1. The van der Waals surface area contributed by atoms with Gasteiger partial charge in [-0.3, -0.25) is 4.79 Å². The maximum atomic E-state index is 11.3. The molecule has 0 unspecified atom stereocenters. The van der Waals surface area contributed by atoms with Gasteiger partial charge in [-0.05, 0) is 12.8 Å². The molecule has 4 heteroatoms. The Morgan fingerprint density at radius 2 is 2.42 bits per heavy atom. The highest BCUT2D eigenvalue weighted by atomic mass is 16.2. The van der Waals surface area contributed by atoms with Crippen molar-refractivity contribution in [2.75, 3.05) is 6.54 Å². The Balaban J connectivity index is 2.57. The molecule has 0 radical (unpaired) electrons. The van der Waals surface area contributed by atoms with Crippen molar-refractivity contribution in [2.45, 2.75) is 39.0 Å². The van der Waals surface area contributed by atoms with Gasteiger partial charge in [-0.2, -0.15) is 0 Å². The van der Waals surface area contributed by atoms with Crippen LogP contribution in [0.2, 0.25) is 6.82 Å². The zero-order valence-corrected chi connectivity index (χ0v) is 7.79. The number of carbonyl (C=O) groups is 1. The Kier molecular flexibility index (Phi) is 3.15. The molecule has 1 saturated heterocycles. The molecule has 1 heterocycles. The maximum Gasteiger partial charge on any atom is 0.309 e. The molecular weight excluding hydrogens is 153 g/mol. The summed E-state index contributed by atoms with van der Waals surface area (Å²) in [6.45, 7) is 4.05. The quantitative estimate of drug-likeness (QED) is 0.613. The predicted octanol–water partition coefficient (Wildman–Crippen LogP) is 0.540. The van der Waals surface area contributed by atoms with E-state index in [0.29, 0.717) is 6.42 Å². The lowest BCUT2D eigenvalue weighted by atomic mass is 9.62. The van der Waals surface area contributed by atoms with Crippen molar-refractivity contribution >= 4 is 12.8 Å². The number of hydrogen-bond acceptors (Lipinski definition) is 2. The molecule has 1 N–H and O–H groups in total. The first-order valence-electron chi connectivity index (χ1n) is 4.64. The average Bonchev–Trinajstić information content (AvgIpc) is 2.50. The van der Waals surface area contributed by atoms with E-state index in [9.17, 15) is 9.82 Å². The highest BCUT2D eigenvalue weighted by molar-refractivity contribution is 6.51. The van der Waals surface area contributed by atoms with Gasteiger partial charge in [-0.25, -0.2) is 0 Å². The van der Waals surface area contributed by atoms with Gasteiger partial charge >= 0.3 is 6.92 Å². The largest absolute Gasteiger partial charge is 0.449 e. The standard InChI is InChI=1S/C8H16BNO2/c1-3-8(11)10-6-4-5-7(10)9(2)12/h7,12H,3-6H2,1-2H3/t7-/m0/s1. The zero-order chi connectivity index (χ0) is 9.14. The van der Waals surface area contributed by atoms with Crippen LogP contribution in [0.1, 0.15) is 26.2 Å². The fourth-order valence-corrected chi connectivity index (χ4v) is 1.81. The molecular formula is C8H16BNO2. The van der Waals surface area contributed by atoms with Crippen LogP contribution in [0.4, 0.5) is 0 Å². The van der Waals surface area contributed by atoms with Crippen molar-refractivity contribution in [1.29, 1.82) is 0 Å². The normalized spacial score (nSPS) is 22.9. The van der Waals surface area contributed by atoms with E-state index < -0.39 is 0 Å². The van der Waals surface area contributed by atoms with Crippen molar-refractivity contribution in [3.63, 3.8) is 0 Å². The topological polar surface area (TPSA) is 40.5 Å². The van der Waals surface area contributed by atoms with Crippen LogP contribution in [0.25, 0.3) is 0 Å². The van der Waals surface area contributed by atoms with E-state index in [4.69, 9.17) is 0 Å². The molecule has 1 aliphatic rings. The predicted molar refractivity (Wildman–Crippen MR) is 48.9 cm³/mol. The minimum absolute atomic E-state index is 0.0671. The van der Waals surface area contributed by atoms with Crippen LogP contribution < -0.4 is 0 Å². The molecule has 1 amide bonds. The molecule has 1 fully saturated rings. The van der Waals surface area contributed by atoms with Gasteiger partial charge < -0.3 is 9.92 Å². The van der Waals surface area contributed by atoms with Crippen LogP contribution in [0.3, 0.4) is 0 Å². The van der Waals surface area contributed by atoms with E-state index in [1.54, 1.807) is 6.82 Å². The van der Waals surface area contributed by atoms with Crippen molar-refractivity contribution in [2.24, 2.45) is 0 Å². The van der Waals surface area contributed by atoms with Crippen molar-refractivity contribution in [3.8, 4) is 0 Å². The summed E-state index contributed by atoms with van der Waals surface area (Å²) in [7, 11) is 0. The smallest absolute Gasteiger partial charge is 0.309 e. The lowest BCUT2D eigenvalue weighted by Crippen LogP contribution is -2.43. The van der Waals surface area contributed by atoms with Gasteiger partial charge in [0.2, 0.25) is 5.91 Å². The highest BCUT2D eigenvalue weighted by Crippen LogP contribution is 2.19. The van der Waals surface area contributed by atoms with Crippen LogP contribution in [0, 0.1) is 0 Å². The molecule has 0 aromatic rings. The molecule has 0 aliphatic carbocycles. The molecule has 1 aliphatic heterocycles. The number of likely N-dealkylation sites (tertiary alicyclic amines) is 1. The number of rotatable bonds is 2. The van der Waals surface area contributed by atoms with Gasteiger partial charge in [0.05, 0.1) is 0 Å². The van der Waals surface area contributed by atoms with E-state index in [2.05, 4.69) is 0 Å². The fraction of sp³-hybridized carbons (Fsp3) is 0.875. The van der Waals surface area contributed by atoms with Gasteiger partial charge in [-0.15, -0.1) is 0 Å². The third-order valence-electron chi connectivity index (χ3n) is 2.48. The first-order chi connectivity index (χ1) is 5.66. The van der Waals surface area contributed by atoms with Crippen LogP contribution in [0.5, 0.6) is 0 Å². The molecule has 3 nitrogen and oxygen atoms in total. The number of nitrogens with zero attached hydrogens (tertiary/aromatic N) is 1. The van der Waals surface area contributed by atoms with E-state index in [1.165, 1.54) is 0 Å². The maximum absolute atomic E-state index is 11.3. The minimum Gasteiger partial charge on any atom is -0.449 e. The van der Waals surface area contributed by atoms with Crippen LogP contribution in [0.15, 0.2) is 0 Å². The molecule has 68 valence electrons. The summed E-state index contributed by atoms with van der Waals surface area (Å²) >= 11 is 0. The Morgan fingerprint density at radius 1 is 1.75 bits per heavy atom. The molecule has 1 rings (SSSR count). The van der Waals surface area contributed by atoms with Crippen molar-refractivity contribution in [1.82, 2.24) is 4.90 Å². The van der Waals surface area contributed by atoms with Crippen molar-refractivity contribution < 1.29 is 9.82 Å². The third kappa shape index (κ3) is 1.80. The molecule has 0 saturated carbocycles. The summed E-state index contributed by atoms with van der Waals surface area (Å²) in [5.74, 6) is 0.232. The van der Waals surface area contributed by atoms with Gasteiger partial charge in [0, 0.05) is 18.9 Å². The summed E-state index contributed by atoms with van der Waals surface area (Å²) < 4.78 is 0. The number of carbonyl (C=O) groups excluding carboxylic acids is 1. The Hall–Kier alpha value is -0.505. The molecule has 0 bridgehead atoms. The monoisotopic (exact) mass is 169 g/mol. The average molecular weight is 169 g/mol. The third-order valence-corrected chi connectivity index (χ3v) is 2.48. The Bertz CT molecular complexity index is 172. The summed E-state index contributed by atoms with van der Waals surface area (Å²) in [6, 6.07) is 0. The highest BCUT2D eigenvalue weighted by Gasteiger charge is 2.32. The summed E-state index contributed by atoms with van der Waals surface area (Å²) in [5, 5.41) is 9.37. The van der Waals surface area contributed by atoms with E-state index in [1.807, 2.05) is 11.8 Å². The fourth-order valence-electron chi connectivity index (χ4n) is 1.81. The van der Waals surface area contributed by atoms with Gasteiger partial charge in [0.15, 0.2) is 0 Å². The summed E-state index contributed by atoms with van der Waals surface area (Å²) in [5.41, 5.74) is 0. The Labute approximate surface area is 73.9 Å². The Morgan fingerprint density at radius 3 is 2.92 bits per heavy atom. The summed E-state index contributed by atoms with van der Waals surface area (Å²) in [4.78, 5) is 13.2. The molecule has 0 aromatic carbocycles. The lowest BCUT2D eigenvalue weighted by molar-refractivity contribution is -0.130. The van der Waals surface area contributed by atoms with Gasteiger partial charge in [0.1, 0.15) is 0 Å². The van der Waals surface area contributed by atoms with Crippen molar-refractivity contribution in [3.05, 3.63) is 0 Å². The first kappa shape index (κ1) is 9.58. The van der Waals surface area contributed by atoms with Gasteiger partial charge in [-0.1, -0.05) is 13.7 Å². The van der Waals surface area contributed by atoms with Crippen LogP contribution in [-0.2, 0) is 4.79 Å². The van der Waals surface area contributed by atoms with Gasteiger partial charge in [0.25, 0.3) is 0 Å². The molecule has 0 aromatic heterocycles. The zero-order valence-electron chi connectivity index (χ0n) is 7.79. The second-order valence-corrected chi connectivity index (χ2v) is 3.39. The number of hydrogen-bond donors (Lipinski definition) is 1. The molecule has 12 heavy (non-hydrogen) atoms. The molecule has 1 atom stereocenters. The second-order valence-electron chi connectivity index (χ2n) is 3.39. The first-order valence-corrected chi connectivity index (χ1v) is 4.64. The minimum atomic E-state index is -0.386. The SMILES string of the molecule is CCC(=O)N1CCC[C@H]1B(C)O. The van der Waals surface area contributed by atoms with E-state index in [0.717, 1.165) is 19.4 Å². The van der Waals surface area contributed by atoms with Crippen LogP contribution in [-0.4, -0.2) is 35.2 Å². The van der Waals surface area contributed by atoms with Crippen LogP contribution >= 0.6 is 0 Å². The molecule has 0 spiro atoms. The van der Waals surface area contributed by atoms with E-state index >= 15 is 0 Å². The lowest BCUT2D eigenvalue weighted by Gasteiger charge is -2.24. The van der Waals surface area contributed by atoms with E-state index in [-0.39, 0.29) is 18.8 Å². The summed E-state index contributed by atoms with van der Waals surface area (Å²) in [6.07, 6.45) is 2.52. The second kappa shape index (κ2) is 3.94.